The van der Waals surface area contributed by atoms with E-state index in [1.54, 1.807) is 24.4 Å². The average Bonchev–Trinajstić information content (AvgIpc) is 2.61. The maximum absolute atomic E-state index is 12.2. The Morgan fingerprint density at radius 2 is 1.74 bits per heavy atom. The molecular formula is C18H16N4O. The molecule has 1 heterocycles. The summed E-state index contributed by atoms with van der Waals surface area (Å²) < 4.78 is 0. The van der Waals surface area contributed by atoms with Gasteiger partial charge in [-0.1, -0.05) is 42.5 Å². The van der Waals surface area contributed by atoms with Crippen LogP contribution < -0.4 is 11.1 Å². The van der Waals surface area contributed by atoms with E-state index in [1.807, 2.05) is 42.5 Å². The van der Waals surface area contributed by atoms with Crippen molar-refractivity contribution in [1.82, 2.24) is 15.3 Å². The van der Waals surface area contributed by atoms with Gasteiger partial charge in [0.25, 0.3) is 5.91 Å². The van der Waals surface area contributed by atoms with E-state index in [-0.39, 0.29) is 11.9 Å². The predicted octanol–water partition coefficient (Wildman–Crippen LogP) is 2.66. The summed E-state index contributed by atoms with van der Waals surface area (Å²) in [7, 11) is 0. The van der Waals surface area contributed by atoms with Gasteiger partial charge in [-0.05, 0) is 23.8 Å². The molecule has 0 saturated heterocycles. The number of carbonyl (C=O) groups is 1. The summed E-state index contributed by atoms with van der Waals surface area (Å²) >= 11 is 0. The zero-order valence-electron chi connectivity index (χ0n) is 12.4. The SMILES string of the molecule is Nc1nccc(-c2ccc(C(=O)NCc3ccccc3)cc2)n1. The predicted molar refractivity (Wildman–Crippen MR) is 89.5 cm³/mol. The van der Waals surface area contributed by atoms with Crippen LogP contribution in [0, 0.1) is 0 Å². The highest BCUT2D eigenvalue weighted by Gasteiger charge is 2.06. The van der Waals surface area contributed by atoms with Crippen molar-refractivity contribution in [2.75, 3.05) is 5.73 Å². The third-order valence-corrected chi connectivity index (χ3v) is 3.41. The van der Waals surface area contributed by atoms with Crippen molar-refractivity contribution < 1.29 is 4.79 Å². The van der Waals surface area contributed by atoms with Gasteiger partial charge in [0, 0.05) is 23.9 Å². The molecule has 0 unspecified atom stereocenters. The van der Waals surface area contributed by atoms with Crippen molar-refractivity contribution in [3.63, 3.8) is 0 Å². The highest BCUT2D eigenvalue weighted by atomic mass is 16.1. The number of hydrogen-bond donors (Lipinski definition) is 2. The minimum Gasteiger partial charge on any atom is -0.368 e. The van der Waals surface area contributed by atoms with E-state index in [2.05, 4.69) is 15.3 Å². The normalized spacial score (nSPS) is 10.3. The molecule has 23 heavy (non-hydrogen) atoms. The number of carbonyl (C=O) groups excluding carboxylic acids is 1. The first-order chi connectivity index (χ1) is 11.2. The largest absolute Gasteiger partial charge is 0.368 e. The molecule has 1 aromatic heterocycles. The summed E-state index contributed by atoms with van der Waals surface area (Å²) in [5, 5.41) is 2.90. The summed E-state index contributed by atoms with van der Waals surface area (Å²) in [6, 6.07) is 18.8. The van der Waals surface area contributed by atoms with Crippen molar-refractivity contribution in [1.29, 1.82) is 0 Å². The molecule has 114 valence electrons. The fourth-order valence-corrected chi connectivity index (χ4v) is 2.21. The maximum Gasteiger partial charge on any atom is 0.251 e. The molecule has 0 aliphatic rings. The topological polar surface area (TPSA) is 80.9 Å². The van der Waals surface area contributed by atoms with Gasteiger partial charge in [-0.25, -0.2) is 9.97 Å². The van der Waals surface area contributed by atoms with E-state index < -0.39 is 0 Å². The smallest absolute Gasteiger partial charge is 0.251 e. The Morgan fingerprint density at radius 3 is 2.43 bits per heavy atom. The molecule has 0 saturated carbocycles. The third-order valence-electron chi connectivity index (χ3n) is 3.41. The van der Waals surface area contributed by atoms with E-state index in [4.69, 9.17) is 5.73 Å². The molecule has 3 N–H and O–H groups in total. The highest BCUT2D eigenvalue weighted by molar-refractivity contribution is 5.94. The van der Waals surface area contributed by atoms with Gasteiger partial charge >= 0.3 is 0 Å². The molecule has 2 aromatic carbocycles. The molecule has 0 fully saturated rings. The summed E-state index contributed by atoms with van der Waals surface area (Å²) in [5.41, 5.74) is 8.87. The summed E-state index contributed by atoms with van der Waals surface area (Å²) in [6.07, 6.45) is 1.61. The molecule has 1 amide bonds. The zero-order chi connectivity index (χ0) is 16.1. The van der Waals surface area contributed by atoms with Crippen LogP contribution in [0.5, 0.6) is 0 Å². The minimum atomic E-state index is -0.109. The second-order valence-corrected chi connectivity index (χ2v) is 5.05. The molecule has 0 aliphatic heterocycles. The van der Waals surface area contributed by atoms with Crippen LogP contribution >= 0.6 is 0 Å². The van der Waals surface area contributed by atoms with E-state index in [0.717, 1.165) is 16.8 Å². The van der Waals surface area contributed by atoms with Gasteiger partial charge in [-0.15, -0.1) is 0 Å². The minimum absolute atomic E-state index is 0.109. The summed E-state index contributed by atoms with van der Waals surface area (Å²) in [5.74, 6) is 0.120. The number of amides is 1. The fourth-order valence-electron chi connectivity index (χ4n) is 2.21. The number of nitrogens with zero attached hydrogens (tertiary/aromatic N) is 2. The number of nitrogen functional groups attached to an aromatic ring is 1. The molecule has 0 radical (unpaired) electrons. The molecule has 3 aromatic rings. The first kappa shape index (κ1) is 14.7. The monoisotopic (exact) mass is 304 g/mol. The lowest BCUT2D eigenvalue weighted by molar-refractivity contribution is 0.0951. The number of nitrogens with two attached hydrogens (primary N) is 1. The first-order valence-electron chi connectivity index (χ1n) is 7.23. The van der Waals surface area contributed by atoms with Crippen molar-refractivity contribution in [2.45, 2.75) is 6.54 Å². The maximum atomic E-state index is 12.2. The van der Waals surface area contributed by atoms with Crippen LogP contribution in [0.3, 0.4) is 0 Å². The molecule has 5 heteroatoms. The first-order valence-corrected chi connectivity index (χ1v) is 7.23. The van der Waals surface area contributed by atoms with Gasteiger partial charge in [0.15, 0.2) is 0 Å². The Morgan fingerprint density at radius 1 is 1.00 bits per heavy atom. The molecule has 0 bridgehead atoms. The molecule has 0 aliphatic carbocycles. The van der Waals surface area contributed by atoms with E-state index >= 15 is 0 Å². The quantitative estimate of drug-likeness (QED) is 0.776. The van der Waals surface area contributed by atoms with E-state index in [9.17, 15) is 4.79 Å². The van der Waals surface area contributed by atoms with Crippen molar-refractivity contribution in [2.24, 2.45) is 0 Å². The second-order valence-electron chi connectivity index (χ2n) is 5.05. The highest BCUT2D eigenvalue weighted by Crippen LogP contribution is 2.17. The zero-order valence-corrected chi connectivity index (χ0v) is 12.4. The van der Waals surface area contributed by atoms with Crippen LogP contribution in [-0.4, -0.2) is 15.9 Å². The molecule has 0 atom stereocenters. The Labute approximate surface area is 134 Å². The number of benzene rings is 2. The van der Waals surface area contributed by atoms with Gasteiger partial charge in [0.05, 0.1) is 5.69 Å². The van der Waals surface area contributed by atoms with Gasteiger partial charge in [-0.2, -0.15) is 0 Å². The van der Waals surface area contributed by atoms with Crippen LogP contribution in [0.4, 0.5) is 5.95 Å². The third kappa shape index (κ3) is 3.71. The Kier molecular flexibility index (Phi) is 4.29. The van der Waals surface area contributed by atoms with E-state index in [1.165, 1.54) is 0 Å². The van der Waals surface area contributed by atoms with Gasteiger partial charge in [0.2, 0.25) is 5.95 Å². The number of anilines is 1. The molecule has 5 nitrogen and oxygen atoms in total. The van der Waals surface area contributed by atoms with Gasteiger partial charge in [-0.3, -0.25) is 4.79 Å². The van der Waals surface area contributed by atoms with Crippen LogP contribution in [0.15, 0.2) is 66.9 Å². The lowest BCUT2D eigenvalue weighted by Gasteiger charge is -2.06. The Bertz CT molecular complexity index is 801. The van der Waals surface area contributed by atoms with Crippen molar-refractivity contribution in [3.8, 4) is 11.3 Å². The van der Waals surface area contributed by atoms with Crippen molar-refractivity contribution >= 4 is 11.9 Å². The van der Waals surface area contributed by atoms with Crippen LogP contribution in [0.25, 0.3) is 11.3 Å². The lowest BCUT2D eigenvalue weighted by Crippen LogP contribution is -2.22. The lowest BCUT2D eigenvalue weighted by atomic mass is 10.1. The number of aromatic nitrogens is 2. The second kappa shape index (κ2) is 6.70. The standard InChI is InChI=1S/C18H16N4O/c19-18-20-11-10-16(22-18)14-6-8-15(9-7-14)17(23)21-12-13-4-2-1-3-5-13/h1-11H,12H2,(H,21,23)(H2,19,20,22). The number of hydrogen-bond acceptors (Lipinski definition) is 4. The summed E-state index contributed by atoms with van der Waals surface area (Å²) in [4.78, 5) is 20.2. The van der Waals surface area contributed by atoms with Crippen LogP contribution in [0.2, 0.25) is 0 Å². The van der Waals surface area contributed by atoms with Gasteiger partial charge < -0.3 is 11.1 Å². The summed E-state index contributed by atoms with van der Waals surface area (Å²) in [6.45, 7) is 0.504. The Balaban J connectivity index is 1.68. The number of nitrogens with one attached hydrogen (secondary N) is 1. The average molecular weight is 304 g/mol. The van der Waals surface area contributed by atoms with Gasteiger partial charge in [0.1, 0.15) is 0 Å². The van der Waals surface area contributed by atoms with Crippen molar-refractivity contribution in [3.05, 3.63) is 78.0 Å². The van der Waals surface area contributed by atoms with Crippen LogP contribution in [-0.2, 0) is 6.54 Å². The molecule has 3 rings (SSSR count). The Hall–Kier alpha value is -3.21. The number of rotatable bonds is 4. The molecular weight excluding hydrogens is 288 g/mol. The molecule has 0 spiro atoms. The fraction of sp³-hybridized carbons (Fsp3) is 0.0556. The van der Waals surface area contributed by atoms with Crippen LogP contribution in [0.1, 0.15) is 15.9 Å². The van der Waals surface area contributed by atoms with E-state index in [0.29, 0.717) is 12.1 Å².